The number of fused-ring (bicyclic) bond motifs is 1. The van der Waals surface area contributed by atoms with Gasteiger partial charge in [0.15, 0.2) is 0 Å². The Labute approximate surface area is 122 Å². The number of pyridine rings is 2. The average molecular weight is 282 g/mol. The van der Waals surface area contributed by atoms with Gasteiger partial charge in [-0.15, -0.1) is 0 Å². The van der Waals surface area contributed by atoms with Crippen molar-refractivity contribution in [3.05, 3.63) is 64.8 Å². The van der Waals surface area contributed by atoms with Crippen LogP contribution in [0.15, 0.2) is 53.7 Å². The highest BCUT2D eigenvalue weighted by Gasteiger charge is 2.03. The standard InChI is InChI=1S/C16H18N4O/c1-2-8-19-12-14(6-7-16(19)21)17-10-13-11-18-20-9-4-3-5-15(13)20/h3-7,9,11-12,17H,2,8,10H2,1H3. The van der Waals surface area contributed by atoms with E-state index in [2.05, 4.69) is 17.3 Å². The zero-order valence-corrected chi connectivity index (χ0v) is 12.0. The van der Waals surface area contributed by atoms with Crippen LogP contribution < -0.4 is 10.9 Å². The molecule has 0 aromatic carbocycles. The third-order valence-corrected chi connectivity index (χ3v) is 3.44. The summed E-state index contributed by atoms with van der Waals surface area (Å²) in [6.45, 7) is 3.48. The van der Waals surface area contributed by atoms with E-state index in [4.69, 9.17) is 0 Å². The number of anilines is 1. The third kappa shape index (κ3) is 2.81. The van der Waals surface area contributed by atoms with Crippen LogP contribution in [0.4, 0.5) is 5.69 Å². The first kappa shape index (κ1) is 13.4. The molecule has 0 aliphatic carbocycles. The first-order valence-electron chi connectivity index (χ1n) is 7.13. The molecule has 0 aliphatic rings. The first-order valence-corrected chi connectivity index (χ1v) is 7.13. The number of nitrogens with one attached hydrogen (secondary N) is 1. The molecule has 5 heteroatoms. The lowest BCUT2D eigenvalue weighted by Crippen LogP contribution is -2.18. The van der Waals surface area contributed by atoms with Crippen molar-refractivity contribution >= 4 is 11.2 Å². The van der Waals surface area contributed by atoms with Gasteiger partial charge in [-0.3, -0.25) is 4.79 Å². The fourth-order valence-corrected chi connectivity index (χ4v) is 2.37. The van der Waals surface area contributed by atoms with Crippen molar-refractivity contribution in [1.82, 2.24) is 14.2 Å². The van der Waals surface area contributed by atoms with Gasteiger partial charge in [0.25, 0.3) is 5.56 Å². The molecule has 0 saturated heterocycles. The second kappa shape index (κ2) is 5.83. The van der Waals surface area contributed by atoms with Crippen LogP contribution in [-0.4, -0.2) is 14.2 Å². The fourth-order valence-electron chi connectivity index (χ4n) is 2.37. The minimum atomic E-state index is 0.0402. The van der Waals surface area contributed by atoms with Gasteiger partial charge >= 0.3 is 0 Å². The van der Waals surface area contributed by atoms with E-state index in [1.54, 1.807) is 10.6 Å². The van der Waals surface area contributed by atoms with Crippen LogP contribution in [0.2, 0.25) is 0 Å². The maximum atomic E-state index is 11.7. The molecule has 3 heterocycles. The van der Waals surface area contributed by atoms with Crippen LogP contribution in [0.3, 0.4) is 0 Å². The van der Waals surface area contributed by atoms with Crippen molar-refractivity contribution in [2.24, 2.45) is 0 Å². The normalized spacial score (nSPS) is 10.9. The number of nitrogens with zero attached hydrogens (tertiary/aromatic N) is 3. The Morgan fingerprint density at radius 2 is 2.14 bits per heavy atom. The Bertz CT molecular complexity index is 803. The van der Waals surface area contributed by atoms with Crippen molar-refractivity contribution in [3.63, 3.8) is 0 Å². The van der Waals surface area contributed by atoms with Crippen molar-refractivity contribution in [2.75, 3.05) is 5.32 Å². The molecular formula is C16H18N4O. The van der Waals surface area contributed by atoms with E-state index in [0.29, 0.717) is 6.54 Å². The van der Waals surface area contributed by atoms with Crippen LogP contribution >= 0.6 is 0 Å². The Kier molecular flexibility index (Phi) is 3.73. The smallest absolute Gasteiger partial charge is 0.250 e. The van der Waals surface area contributed by atoms with E-state index in [-0.39, 0.29) is 5.56 Å². The summed E-state index contributed by atoms with van der Waals surface area (Å²) < 4.78 is 3.59. The van der Waals surface area contributed by atoms with Gasteiger partial charge in [-0.1, -0.05) is 13.0 Å². The molecule has 5 nitrogen and oxygen atoms in total. The average Bonchev–Trinajstić information content (AvgIpc) is 2.92. The van der Waals surface area contributed by atoms with Gasteiger partial charge in [-0.25, -0.2) is 4.52 Å². The molecule has 0 fully saturated rings. The van der Waals surface area contributed by atoms with Gasteiger partial charge in [0.1, 0.15) is 0 Å². The lowest BCUT2D eigenvalue weighted by Gasteiger charge is -2.09. The third-order valence-electron chi connectivity index (χ3n) is 3.44. The molecule has 108 valence electrons. The molecule has 0 saturated carbocycles. The van der Waals surface area contributed by atoms with Gasteiger partial charge in [-0.2, -0.15) is 5.10 Å². The van der Waals surface area contributed by atoms with Crippen molar-refractivity contribution in [2.45, 2.75) is 26.4 Å². The Morgan fingerprint density at radius 1 is 1.24 bits per heavy atom. The fraction of sp³-hybridized carbons (Fsp3) is 0.250. The van der Waals surface area contributed by atoms with Gasteiger partial charge in [-0.05, 0) is 24.6 Å². The molecule has 3 aromatic rings. The quantitative estimate of drug-likeness (QED) is 0.782. The summed E-state index contributed by atoms with van der Waals surface area (Å²) in [6, 6.07) is 9.43. The van der Waals surface area contributed by atoms with Crippen molar-refractivity contribution in [1.29, 1.82) is 0 Å². The second-order valence-electron chi connectivity index (χ2n) is 5.00. The summed E-state index contributed by atoms with van der Waals surface area (Å²) in [5.41, 5.74) is 3.20. The minimum absolute atomic E-state index is 0.0402. The molecule has 0 radical (unpaired) electrons. The Balaban J connectivity index is 1.78. The summed E-state index contributed by atoms with van der Waals surface area (Å²) in [6.07, 6.45) is 6.61. The second-order valence-corrected chi connectivity index (χ2v) is 5.00. The molecule has 0 amide bonds. The highest BCUT2D eigenvalue weighted by atomic mass is 16.1. The Hall–Kier alpha value is -2.56. The Morgan fingerprint density at radius 3 is 3.00 bits per heavy atom. The molecule has 3 rings (SSSR count). The maximum Gasteiger partial charge on any atom is 0.250 e. The molecule has 0 aliphatic heterocycles. The zero-order valence-electron chi connectivity index (χ0n) is 12.0. The van der Waals surface area contributed by atoms with Gasteiger partial charge in [0.2, 0.25) is 0 Å². The lowest BCUT2D eigenvalue weighted by molar-refractivity contribution is 0.655. The van der Waals surface area contributed by atoms with E-state index in [9.17, 15) is 4.79 Å². The van der Waals surface area contributed by atoms with E-state index >= 15 is 0 Å². The number of aryl methyl sites for hydroxylation is 1. The predicted octanol–water partition coefficient (Wildman–Crippen LogP) is 2.52. The van der Waals surface area contributed by atoms with Gasteiger partial charge in [0.05, 0.1) is 17.4 Å². The minimum Gasteiger partial charge on any atom is -0.380 e. The molecule has 21 heavy (non-hydrogen) atoms. The van der Waals surface area contributed by atoms with Crippen LogP contribution in [0.1, 0.15) is 18.9 Å². The number of aromatic nitrogens is 3. The maximum absolute atomic E-state index is 11.7. The van der Waals surface area contributed by atoms with E-state index in [1.165, 1.54) is 0 Å². The number of hydrogen-bond acceptors (Lipinski definition) is 3. The highest BCUT2D eigenvalue weighted by Crippen LogP contribution is 2.12. The zero-order chi connectivity index (χ0) is 14.7. The summed E-state index contributed by atoms with van der Waals surface area (Å²) in [4.78, 5) is 11.7. The molecule has 0 bridgehead atoms. The summed E-state index contributed by atoms with van der Waals surface area (Å²) >= 11 is 0. The molecule has 3 aromatic heterocycles. The van der Waals surface area contributed by atoms with Crippen molar-refractivity contribution in [3.8, 4) is 0 Å². The van der Waals surface area contributed by atoms with Gasteiger partial charge < -0.3 is 9.88 Å². The SMILES string of the molecule is CCCn1cc(NCc2cnn3ccccc23)ccc1=O. The summed E-state index contributed by atoms with van der Waals surface area (Å²) in [5.74, 6) is 0. The predicted molar refractivity (Wildman–Crippen MR) is 83.5 cm³/mol. The van der Waals surface area contributed by atoms with E-state index < -0.39 is 0 Å². The highest BCUT2D eigenvalue weighted by molar-refractivity contribution is 5.55. The summed E-state index contributed by atoms with van der Waals surface area (Å²) in [5, 5.41) is 7.67. The van der Waals surface area contributed by atoms with Crippen molar-refractivity contribution < 1.29 is 0 Å². The topological polar surface area (TPSA) is 51.3 Å². The van der Waals surface area contributed by atoms with Crippen LogP contribution in [0.5, 0.6) is 0 Å². The van der Waals surface area contributed by atoms with E-state index in [1.807, 2.05) is 47.4 Å². The lowest BCUT2D eigenvalue weighted by atomic mass is 10.2. The molecule has 0 unspecified atom stereocenters. The van der Waals surface area contributed by atoms with E-state index in [0.717, 1.165) is 29.7 Å². The first-order chi connectivity index (χ1) is 10.3. The molecule has 1 N–H and O–H groups in total. The molecule has 0 atom stereocenters. The van der Waals surface area contributed by atoms with Crippen LogP contribution in [-0.2, 0) is 13.1 Å². The largest absolute Gasteiger partial charge is 0.380 e. The van der Waals surface area contributed by atoms with Crippen LogP contribution in [0, 0.1) is 0 Å². The van der Waals surface area contributed by atoms with Gasteiger partial charge in [0, 0.05) is 37.1 Å². The monoisotopic (exact) mass is 282 g/mol. The van der Waals surface area contributed by atoms with Crippen LogP contribution in [0.25, 0.3) is 5.52 Å². The summed E-state index contributed by atoms with van der Waals surface area (Å²) in [7, 11) is 0. The molecule has 0 spiro atoms. The molecular weight excluding hydrogens is 264 g/mol. The number of rotatable bonds is 5. The number of hydrogen-bond donors (Lipinski definition) is 1.